The topological polar surface area (TPSA) is 66.4 Å². The molecule has 0 aliphatic heterocycles. The zero-order valence-electron chi connectivity index (χ0n) is 58.2. The van der Waals surface area contributed by atoms with Gasteiger partial charge in [0, 0.05) is 16.2 Å². The summed E-state index contributed by atoms with van der Waals surface area (Å²) in [4.78, 5) is -0.512. The first kappa shape index (κ1) is 71.2. The summed E-state index contributed by atoms with van der Waals surface area (Å²) in [5.74, 6) is 2.97. The van der Waals surface area contributed by atoms with E-state index in [1.54, 1.807) is 12.1 Å². The van der Waals surface area contributed by atoms with Gasteiger partial charge in [-0.2, -0.15) is 0 Å². The Bertz CT molecular complexity index is 3040. The zero-order chi connectivity index (χ0) is 64.5. The van der Waals surface area contributed by atoms with Crippen LogP contribution in [-0.4, -0.2) is 51.5 Å². The molecule has 0 unspecified atom stereocenters. The Morgan fingerprint density at radius 1 is 0.333 bits per heavy atom. The van der Waals surface area contributed by atoms with Crippen molar-refractivity contribution in [2.75, 3.05) is 25.0 Å². The fourth-order valence-corrected chi connectivity index (χ4v) is 21.5. The van der Waals surface area contributed by atoms with Crippen LogP contribution < -0.4 is 14.2 Å². The van der Waals surface area contributed by atoms with Crippen molar-refractivity contribution in [1.82, 2.24) is 0 Å². The zero-order valence-corrected chi connectivity index (χ0v) is 59.9. The van der Waals surface area contributed by atoms with Gasteiger partial charge in [-0.1, -0.05) is 222 Å². The van der Waals surface area contributed by atoms with Gasteiger partial charge in [0.25, 0.3) is 0 Å². The molecule has 0 bridgehead atoms. The molecule has 6 nitrogen and oxygen atoms in total. The average Bonchev–Trinajstić information content (AvgIpc) is 1.27. The second-order valence-electron chi connectivity index (χ2n) is 27.0. The third kappa shape index (κ3) is 14.1. The number of hydrogen-bond acceptors (Lipinski definition) is 6. The molecule has 0 radical (unpaired) electrons. The molecule has 0 saturated heterocycles. The molecule has 0 aliphatic rings. The highest BCUT2D eigenvalue weighted by molar-refractivity contribution is 8.30. The van der Waals surface area contributed by atoms with E-state index in [4.69, 9.17) is 22.6 Å². The van der Waals surface area contributed by atoms with Crippen LogP contribution in [0.3, 0.4) is 0 Å². The number of phenolic OH excluding ortho intramolecular Hbond substituents is 1. The van der Waals surface area contributed by atoms with Gasteiger partial charge < -0.3 is 27.7 Å². The fraction of sp³-hybridized carbons (Fsp3) is 0.544. The molecule has 1 N–H and O–H groups in total. The minimum absolute atomic E-state index is 0.190. The van der Waals surface area contributed by atoms with E-state index in [2.05, 4.69) is 271 Å². The van der Waals surface area contributed by atoms with Crippen molar-refractivity contribution in [1.29, 1.82) is 0 Å². The number of aromatic hydroxyl groups is 1. The summed E-state index contributed by atoms with van der Waals surface area (Å²) in [6, 6.07) is 52.5. The quantitative estimate of drug-likeness (QED) is 0.0443. The second-order valence-corrected chi connectivity index (χ2v) is 33.8. The Balaban J connectivity index is 1.21. The summed E-state index contributed by atoms with van der Waals surface area (Å²) in [5, 5.41) is 9.94. The van der Waals surface area contributed by atoms with Crippen molar-refractivity contribution in [3.63, 3.8) is 0 Å². The SMILES string of the molecule is CCC(CC)Oc1ccc(C(C)(C)c2ccc(C(CC)(CC)OS(C)(C)C(CC)(CC)C(CC)(CC)Oc3ccc(C(C)(C)c4ccc(C(CC)(CC)OS(C)(C)C(CC)(CC)Oc5ccc(C(C)(C)c6ccc(O)cc6)cc5)cc4)cc3)cc2)cc1. The minimum Gasteiger partial charge on any atom is -0.508 e. The number of phenols is 1. The summed E-state index contributed by atoms with van der Waals surface area (Å²) >= 11 is 0. The highest BCUT2D eigenvalue weighted by Crippen LogP contribution is 2.68. The largest absolute Gasteiger partial charge is 0.508 e. The number of ether oxygens (including phenoxy) is 3. The lowest BCUT2D eigenvalue weighted by Gasteiger charge is -2.61. The van der Waals surface area contributed by atoms with E-state index in [1.165, 1.54) is 38.9 Å². The second kappa shape index (κ2) is 28.5. The Morgan fingerprint density at radius 2 is 0.621 bits per heavy atom. The van der Waals surface area contributed by atoms with Crippen LogP contribution in [-0.2, 0) is 35.8 Å². The molecular formula is C79H116O6S2. The molecule has 0 amide bonds. The van der Waals surface area contributed by atoms with Gasteiger partial charge >= 0.3 is 0 Å². The molecule has 87 heavy (non-hydrogen) atoms. The lowest BCUT2D eigenvalue weighted by atomic mass is 9.77. The molecule has 8 heteroatoms. The minimum atomic E-state index is -1.83. The first-order valence-corrected chi connectivity index (χ1v) is 38.0. The van der Waals surface area contributed by atoms with Gasteiger partial charge in [-0.05, 0) is 195 Å². The van der Waals surface area contributed by atoms with Crippen molar-refractivity contribution >= 4 is 20.6 Å². The van der Waals surface area contributed by atoms with E-state index in [-0.39, 0.29) is 32.8 Å². The highest BCUT2D eigenvalue weighted by Gasteiger charge is 2.58. The average molecular weight is 1230 g/mol. The maximum Gasteiger partial charge on any atom is 0.158 e. The first-order chi connectivity index (χ1) is 41.0. The van der Waals surface area contributed by atoms with Crippen LogP contribution in [0, 0.1) is 0 Å². The molecule has 6 aromatic rings. The van der Waals surface area contributed by atoms with Crippen molar-refractivity contribution in [2.24, 2.45) is 0 Å². The van der Waals surface area contributed by atoms with Crippen LogP contribution in [0.5, 0.6) is 23.0 Å². The van der Waals surface area contributed by atoms with Crippen LogP contribution in [0.4, 0.5) is 0 Å². The van der Waals surface area contributed by atoms with Crippen molar-refractivity contribution < 1.29 is 27.7 Å². The smallest absolute Gasteiger partial charge is 0.158 e. The summed E-state index contributed by atoms with van der Waals surface area (Å²) in [6.45, 7) is 41.1. The molecule has 0 atom stereocenters. The molecule has 0 saturated carbocycles. The maximum absolute atomic E-state index is 9.94. The number of rotatable bonds is 33. The molecule has 0 aromatic heterocycles. The predicted molar refractivity (Wildman–Crippen MR) is 378 cm³/mol. The summed E-state index contributed by atoms with van der Waals surface area (Å²) in [5.41, 5.74) is 7.67. The molecule has 480 valence electrons. The standard InChI is InChI=1S/C79H116O6S2/c1-23-68(24-2)81-69-53-45-62(46-54-69)72(13,14)59-35-39-65(40-36-59)75(25-3,26-4)84-86(19,20)78(31-9,32-10)77(29-7,30-8)82-70-55-47-63(48-56-70)73(15,16)60-37-41-66(42-38-60)76(27-5,28-6)85-87(21,22)79(33-11,34-12)83-71-57-49-64(50-58-71)74(17,18)61-43-51-67(80)52-44-61/h35-58,68,80H,23-34H2,1-22H3. The summed E-state index contributed by atoms with van der Waals surface area (Å²) in [6.07, 6.45) is 20.4. The van der Waals surface area contributed by atoms with Crippen molar-refractivity contribution in [3.05, 3.63) is 190 Å². The maximum atomic E-state index is 9.94. The van der Waals surface area contributed by atoms with Crippen molar-refractivity contribution in [3.8, 4) is 23.0 Å². The van der Waals surface area contributed by atoms with E-state index >= 15 is 0 Å². The predicted octanol–water partition coefficient (Wildman–Crippen LogP) is 22.8. The molecule has 0 aliphatic carbocycles. The Morgan fingerprint density at radius 3 is 0.920 bits per heavy atom. The molecule has 6 rings (SSSR count). The normalized spacial score (nSPS) is 13.9. The van der Waals surface area contributed by atoms with Crippen LogP contribution in [0.1, 0.15) is 246 Å². The van der Waals surface area contributed by atoms with Crippen molar-refractivity contribution in [2.45, 2.75) is 251 Å². The van der Waals surface area contributed by atoms with Crippen LogP contribution >= 0.6 is 20.6 Å². The molecule has 0 heterocycles. The van der Waals surface area contributed by atoms with E-state index in [0.29, 0.717) is 0 Å². The van der Waals surface area contributed by atoms with E-state index in [0.717, 1.165) is 99.9 Å². The Labute approximate surface area is 533 Å². The third-order valence-corrected chi connectivity index (χ3v) is 28.2. The fourth-order valence-electron chi connectivity index (χ4n) is 14.6. The number of hydrogen-bond donors (Lipinski definition) is 1. The van der Waals surface area contributed by atoms with Crippen LogP contribution in [0.2, 0.25) is 0 Å². The van der Waals surface area contributed by atoms with Gasteiger partial charge in [0.15, 0.2) is 4.93 Å². The van der Waals surface area contributed by atoms with E-state index < -0.39 is 42.4 Å². The Kier molecular flexibility index (Phi) is 23.4. The summed E-state index contributed by atoms with van der Waals surface area (Å²) < 4.78 is 36.3. The van der Waals surface area contributed by atoms with Gasteiger partial charge in [0.2, 0.25) is 0 Å². The van der Waals surface area contributed by atoms with Gasteiger partial charge in [-0.15, -0.1) is 20.6 Å². The molecule has 0 spiro atoms. The molecular weight excluding hydrogens is 1110 g/mol. The third-order valence-electron chi connectivity index (χ3n) is 21.5. The Hall–Kier alpha value is -4.86. The van der Waals surface area contributed by atoms with Crippen LogP contribution in [0.15, 0.2) is 146 Å². The van der Waals surface area contributed by atoms with Gasteiger partial charge in [-0.25, -0.2) is 0 Å². The lowest BCUT2D eigenvalue weighted by Crippen LogP contribution is -2.60. The first-order valence-electron chi connectivity index (χ1n) is 33.3. The monoisotopic (exact) mass is 1220 g/mol. The molecule has 0 fully saturated rings. The number of benzene rings is 6. The lowest BCUT2D eigenvalue weighted by molar-refractivity contribution is 0.000190. The highest BCUT2D eigenvalue weighted by atomic mass is 32.3. The summed E-state index contributed by atoms with van der Waals surface area (Å²) in [7, 11) is -3.63. The van der Waals surface area contributed by atoms with E-state index in [1.807, 2.05) is 12.1 Å². The molecule has 6 aromatic carbocycles. The van der Waals surface area contributed by atoms with Gasteiger partial charge in [0.1, 0.15) is 39.8 Å². The van der Waals surface area contributed by atoms with E-state index in [9.17, 15) is 5.11 Å². The van der Waals surface area contributed by atoms with Gasteiger partial charge in [0.05, 0.1) is 10.9 Å². The van der Waals surface area contributed by atoms with Crippen LogP contribution in [0.25, 0.3) is 0 Å². The van der Waals surface area contributed by atoms with Gasteiger partial charge in [-0.3, -0.25) is 0 Å².